The maximum atomic E-state index is 11.6. The van der Waals surface area contributed by atoms with Crippen molar-refractivity contribution in [3.05, 3.63) is 24.9 Å². The van der Waals surface area contributed by atoms with Crippen LogP contribution in [0.2, 0.25) is 0 Å². The lowest BCUT2D eigenvalue weighted by atomic mass is 10.2. The molecular weight excluding hydrogens is 216 g/mol. The summed E-state index contributed by atoms with van der Waals surface area (Å²) in [5, 5.41) is 6.02. The van der Waals surface area contributed by atoms with Gasteiger partial charge in [-0.1, -0.05) is 13.2 Å². The van der Waals surface area contributed by atoms with Crippen LogP contribution in [0, 0.1) is 0 Å². The van der Waals surface area contributed by atoms with Crippen molar-refractivity contribution in [2.24, 2.45) is 0 Å². The third kappa shape index (κ3) is 4.93. The molecule has 2 N–H and O–H groups in total. The second-order valence-corrected chi connectivity index (χ2v) is 5.49. The van der Waals surface area contributed by atoms with Gasteiger partial charge in [0.15, 0.2) is 0 Å². The van der Waals surface area contributed by atoms with E-state index in [1.54, 1.807) is 6.08 Å². The minimum Gasteiger partial charge on any atom is -0.444 e. The van der Waals surface area contributed by atoms with Crippen LogP contribution in [0.1, 0.15) is 33.6 Å². The van der Waals surface area contributed by atoms with E-state index in [1.165, 1.54) is 0 Å². The van der Waals surface area contributed by atoms with E-state index in [1.807, 2.05) is 20.8 Å². The van der Waals surface area contributed by atoms with Crippen molar-refractivity contribution in [3.8, 4) is 0 Å². The normalized spacial score (nSPS) is 16.9. The van der Waals surface area contributed by atoms with Gasteiger partial charge in [0.1, 0.15) is 5.60 Å². The van der Waals surface area contributed by atoms with Gasteiger partial charge in [0.05, 0.1) is 5.54 Å². The molecule has 1 rings (SSSR count). The summed E-state index contributed by atoms with van der Waals surface area (Å²) in [5.74, 6) is 0. The molecule has 1 amide bonds. The second kappa shape index (κ2) is 4.82. The van der Waals surface area contributed by atoms with Gasteiger partial charge in [0, 0.05) is 12.2 Å². The molecule has 0 aromatic rings. The largest absolute Gasteiger partial charge is 0.444 e. The summed E-state index contributed by atoms with van der Waals surface area (Å²) in [6.07, 6.45) is 3.22. The fourth-order valence-corrected chi connectivity index (χ4v) is 1.37. The van der Waals surface area contributed by atoms with Gasteiger partial charge in [-0.05, 0) is 39.7 Å². The van der Waals surface area contributed by atoms with Gasteiger partial charge < -0.3 is 15.4 Å². The average Bonchev–Trinajstić information content (AvgIpc) is 2.91. The van der Waals surface area contributed by atoms with E-state index in [0.29, 0.717) is 6.54 Å². The summed E-state index contributed by atoms with van der Waals surface area (Å²) in [6, 6.07) is 0. The Morgan fingerprint density at radius 1 is 1.47 bits per heavy atom. The number of ether oxygens (including phenoxy) is 1. The van der Waals surface area contributed by atoms with Crippen LogP contribution in [0.15, 0.2) is 24.9 Å². The highest BCUT2D eigenvalue weighted by Crippen LogP contribution is 2.35. The minimum absolute atomic E-state index is 0.172. The first-order valence-electron chi connectivity index (χ1n) is 5.83. The number of carbonyl (C=O) groups is 1. The van der Waals surface area contributed by atoms with Crippen LogP contribution in [0.25, 0.3) is 0 Å². The number of hydrogen-bond donors (Lipinski definition) is 2. The number of carbonyl (C=O) groups excluding carboxylic acids is 1. The third-order valence-electron chi connectivity index (χ3n) is 2.52. The number of amides is 1. The van der Waals surface area contributed by atoms with Crippen LogP contribution in [0.4, 0.5) is 4.79 Å². The zero-order valence-corrected chi connectivity index (χ0v) is 10.9. The smallest absolute Gasteiger partial charge is 0.408 e. The van der Waals surface area contributed by atoms with E-state index in [-0.39, 0.29) is 11.6 Å². The van der Waals surface area contributed by atoms with Crippen LogP contribution in [-0.4, -0.2) is 23.8 Å². The lowest BCUT2D eigenvalue weighted by Gasteiger charge is -2.23. The first-order chi connectivity index (χ1) is 7.76. The van der Waals surface area contributed by atoms with E-state index in [9.17, 15) is 4.79 Å². The van der Waals surface area contributed by atoms with E-state index in [0.717, 1.165) is 18.5 Å². The molecule has 17 heavy (non-hydrogen) atoms. The van der Waals surface area contributed by atoms with Crippen molar-refractivity contribution in [1.29, 1.82) is 0 Å². The molecule has 0 unspecified atom stereocenters. The second-order valence-electron chi connectivity index (χ2n) is 5.49. The molecule has 0 aliphatic heterocycles. The minimum atomic E-state index is -0.460. The molecular formula is C13H22N2O2. The molecule has 0 aromatic carbocycles. The van der Waals surface area contributed by atoms with Crippen LogP contribution in [0.5, 0.6) is 0 Å². The molecule has 0 saturated heterocycles. The van der Waals surface area contributed by atoms with Crippen molar-refractivity contribution < 1.29 is 9.53 Å². The van der Waals surface area contributed by atoms with E-state index < -0.39 is 5.60 Å². The van der Waals surface area contributed by atoms with Crippen molar-refractivity contribution >= 4 is 6.09 Å². The summed E-state index contributed by atoms with van der Waals surface area (Å²) >= 11 is 0. The Kier molecular flexibility index (Phi) is 3.86. The average molecular weight is 238 g/mol. The van der Waals surface area contributed by atoms with Crippen molar-refractivity contribution in [3.63, 3.8) is 0 Å². The highest BCUT2D eigenvalue weighted by atomic mass is 16.6. The Balaban J connectivity index is 2.37. The molecule has 0 radical (unpaired) electrons. The predicted molar refractivity (Wildman–Crippen MR) is 68.7 cm³/mol. The van der Waals surface area contributed by atoms with Crippen LogP contribution >= 0.6 is 0 Å². The maximum Gasteiger partial charge on any atom is 0.408 e. The maximum absolute atomic E-state index is 11.6. The number of allylic oxidation sites excluding steroid dienone is 1. The molecule has 0 heterocycles. The topological polar surface area (TPSA) is 50.4 Å². The monoisotopic (exact) mass is 238 g/mol. The number of nitrogens with one attached hydrogen (secondary N) is 2. The molecule has 4 heteroatoms. The molecule has 1 aliphatic rings. The number of alkyl carbamates (subject to hydrolysis) is 1. The standard InChI is InChI=1S/C13H22N2O2/c1-6-10(2)14-9-13(7-8-13)15-11(16)17-12(3,4)5/h6,14H,1-2,7-9H2,3-5H3,(H,15,16). The predicted octanol–water partition coefficient (Wildman–Crippen LogP) is 2.33. The SMILES string of the molecule is C=CC(=C)NCC1(NC(=O)OC(C)(C)C)CC1. The molecule has 96 valence electrons. The van der Waals surface area contributed by atoms with Crippen molar-refractivity contribution in [1.82, 2.24) is 10.6 Å². The van der Waals surface area contributed by atoms with Gasteiger partial charge in [0.2, 0.25) is 0 Å². The van der Waals surface area contributed by atoms with E-state index in [2.05, 4.69) is 23.8 Å². The third-order valence-corrected chi connectivity index (χ3v) is 2.52. The summed E-state index contributed by atoms with van der Waals surface area (Å²) in [5.41, 5.74) is 0.134. The lowest BCUT2D eigenvalue weighted by molar-refractivity contribution is 0.0497. The first-order valence-corrected chi connectivity index (χ1v) is 5.83. The molecule has 1 fully saturated rings. The summed E-state index contributed by atoms with van der Waals surface area (Å²) in [6.45, 7) is 13.6. The van der Waals surface area contributed by atoms with E-state index in [4.69, 9.17) is 4.74 Å². The van der Waals surface area contributed by atoms with Gasteiger partial charge in [0.25, 0.3) is 0 Å². The van der Waals surface area contributed by atoms with Gasteiger partial charge in [-0.3, -0.25) is 0 Å². The highest BCUT2D eigenvalue weighted by molar-refractivity contribution is 5.69. The van der Waals surface area contributed by atoms with Gasteiger partial charge >= 0.3 is 6.09 Å². The first kappa shape index (κ1) is 13.6. The molecule has 0 atom stereocenters. The zero-order valence-electron chi connectivity index (χ0n) is 10.9. The summed E-state index contributed by atoms with van der Waals surface area (Å²) in [7, 11) is 0. The summed E-state index contributed by atoms with van der Waals surface area (Å²) in [4.78, 5) is 11.6. The zero-order chi connectivity index (χ0) is 13.1. The molecule has 4 nitrogen and oxygen atoms in total. The molecule has 0 aromatic heterocycles. The van der Waals surface area contributed by atoms with Gasteiger partial charge in [-0.2, -0.15) is 0 Å². The molecule has 0 spiro atoms. The molecule has 1 aliphatic carbocycles. The Bertz CT molecular complexity index is 325. The quantitative estimate of drug-likeness (QED) is 0.723. The van der Waals surface area contributed by atoms with Crippen LogP contribution < -0.4 is 10.6 Å². The Morgan fingerprint density at radius 2 is 2.06 bits per heavy atom. The van der Waals surface area contributed by atoms with Crippen LogP contribution in [-0.2, 0) is 4.74 Å². The highest BCUT2D eigenvalue weighted by Gasteiger charge is 2.44. The number of rotatable bonds is 5. The van der Waals surface area contributed by atoms with E-state index >= 15 is 0 Å². The van der Waals surface area contributed by atoms with Gasteiger partial charge in [-0.15, -0.1) is 0 Å². The molecule has 1 saturated carbocycles. The van der Waals surface area contributed by atoms with Crippen molar-refractivity contribution in [2.75, 3.05) is 6.54 Å². The Hall–Kier alpha value is -1.45. The fraction of sp³-hybridized carbons (Fsp3) is 0.615. The lowest BCUT2D eigenvalue weighted by Crippen LogP contribution is -2.45. The van der Waals surface area contributed by atoms with Crippen molar-refractivity contribution in [2.45, 2.75) is 44.8 Å². The fourth-order valence-electron chi connectivity index (χ4n) is 1.37. The summed E-state index contributed by atoms with van der Waals surface area (Å²) < 4.78 is 5.23. The number of hydrogen-bond acceptors (Lipinski definition) is 3. The Labute approximate surface area is 103 Å². The van der Waals surface area contributed by atoms with Gasteiger partial charge in [-0.25, -0.2) is 4.79 Å². The van der Waals surface area contributed by atoms with Crippen LogP contribution in [0.3, 0.4) is 0 Å². The Morgan fingerprint density at radius 3 is 2.47 bits per heavy atom. The molecule has 0 bridgehead atoms.